The monoisotopic (exact) mass is 1000 g/mol. The van der Waals surface area contributed by atoms with Gasteiger partial charge in [-0.25, -0.2) is 17.6 Å². The Morgan fingerprint density at radius 3 is 1.08 bits per heavy atom. The lowest BCUT2D eigenvalue weighted by molar-refractivity contribution is -0.138. The molecule has 4 aliphatic carbocycles. The molecular formula is C58H56F10N2O2. The molecule has 2 spiro atoms. The molecule has 2 aromatic heterocycles. The molecule has 14 heteroatoms. The van der Waals surface area contributed by atoms with Crippen molar-refractivity contribution in [1.82, 2.24) is 9.97 Å². The van der Waals surface area contributed by atoms with Crippen LogP contribution in [-0.4, -0.2) is 20.2 Å². The molecule has 0 saturated heterocycles. The first-order valence-electron chi connectivity index (χ1n) is 24.6. The second kappa shape index (κ2) is 19.3. The Morgan fingerprint density at radius 2 is 0.819 bits per heavy atom. The quantitative estimate of drug-likeness (QED) is 0.149. The zero-order valence-electron chi connectivity index (χ0n) is 40.3. The maximum Gasteiger partial charge on any atom is 0.416 e. The van der Waals surface area contributed by atoms with Crippen LogP contribution in [0.2, 0.25) is 0 Å². The average Bonchev–Trinajstić information content (AvgIpc) is 3.31. The molecule has 2 fully saturated rings. The summed E-state index contributed by atoms with van der Waals surface area (Å²) >= 11 is 0. The maximum atomic E-state index is 16.4. The number of aliphatic hydroxyl groups excluding tert-OH is 2. The Bertz CT molecular complexity index is 2720. The first-order valence-corrected chi connectivity index (χ1v) is 24.6. The molecule has 4 aliphatic rings. The Balaban J connectivity index is 0.000000178. The predicted molar refractivity (Wildman–Crippen MR) is 255 cm³/mol. The number of fused-ring (bicyclic) bond motifs is 2. The number of aromatic nitrogens is 2. The van der Waals surface area contributed by atoms with Gasteiger partial charge in [-0.2, -0.15) is 26.3 Å². The topological polar surface area (TPSA) is 66.2 Å². The number of alkyl halides is 8. The van der Waals surface area contributed by atoms with Crippen molar-refractivity contribution in [3.63, 3.8) is 0 Å². The van der Waals surface area contributed by atoms with Crippen molar-refractivity contribution in [2.45, 2.75) is 141 Å². The normalized spacial score (nSPS) is 19.8. The van der Waals surface area contributed by atoms with Gasteiger partial charge >= 0.3 is 12.4 Å². The standard InChI is InChI=1S/2C29H28F5NO/c2*1-16(2)27-25(26(31)18-4-8-19(9-5-18)29(32,33)34)23(17-6-10-20(30)11-7-17)24-21(35-27)14-28(12-3-13-28)15-22(24)36/h2*4-11,16,22,26,36H,3,12-15H2,1-2H3. The van der Waals surface area contributed by atoms with Gasteiger partial charge in [-0.15, -0.1) is 0 Å². The molecule has 4 nitrogen and oxygen atoms in total. The van der Waals surface area contributed by atoms with Crippen molar-refractivity contribution >= 4 is 0 Å². The van der Waals surface area contributed by atoms with Crippen LogP contribution in [0.25, 0.3) is 22.3 Å². The fourth-order valence-electron chi connectivity index (χ4n) is 11.6. The van der Waals surface area contributed by atoms with Gasteiger partial charge in [0.1, 0.15) is 11.6 Å². The van der Waals surface area contributed by atoms with Crippen LogP contribution < -0.4 is 0 Å². The van der Waals surface area contributed by atoms with E-state index >= 15 is 8.78 Å². The largest absolute Gasteiger partial charge is 0.416 e. The number of aliphatic hydroxyl groups is 2. The summed E-state index contributed by atoms with van der Waals surface area (Å²) in [5.74, 6) is -1.26. The third-order valence-corrected chi connectivity index (χ3v) is 15.5. The third kappa shape index (κ3) is 9.82. The number of benzene rings is 4. The van der Waals surface area contributed by atoms with Gasteiger partial charge in [-0.1, -0.05) is 89.1 Å². The van der Waals surface area contributed by atoms with Crippen molar-refractivity contribution in [3.8, 4) is 22.3 Å². The van der Waals surface area contributed by atoms with Crippen LogP contribution in [0, 0.1) is 22.5 Å². The lowest BCUT2D eigenvalue weighted by Gasteiger charge is -2.47. The van der Waals surface area contributed by atoms with E-state index in [0.717, 1.165) is 98.4 Å². The van der Waals surface area contributed by atoms with Crippen molar-refractivity contribution in [1.29, 1.82) is 0 Å². The molecular weight excluding hydrogens is 947 g/mol. The Hall–Kier alpha value is -5.60. The third-order valence-electron chi connectivity index (χ3n) is 15.5. The minimum Gasteiger partial charge on any atom is -0.388 e. The Morgan fingerprint density at radius 1 is 0.500 bits per heavy atom. The number of hydrogen-bond acceptors (Lipinski definition) is 4. The maximum absolute atomic E-state index is 16.4. The summed E-state index contributed by atoms with van der Waals surface area (Å²) in [6.07, 6.45) is -5.64. The van der Waals surface area contributed by atoms with Crippen LogP contribution in [0.3, 0.4) is 0 Å². The lowest BCUT2D eigenvalue weighted by atomic mass is 9.59. The SMILES string of the molecule is CC(C)c1nc2c(c(-c3ccc(F)cc3)c1C(F)c1ccc(C(F)(F)F)cc1)C(O)CC1(CCC1)C2.CC(C)c1nc2c(c(-c3ccc(F)cc3)c1C(F)c1ccc(C(F)(F)F)cc1)C(O)CC1(CCC1)C2. The fourth-order valence-corrected chi connectivity index (χ4v) is 11.6. The van der Waals surface area contributed by atoms with Crippen LogP contribution >= 0.6 is 0 Å². The number of pyridine rings is 2. The highest BCUT2D eigenvalue weighted by Crippen LogP contribution is 2.58. The number of rotatable bonds is 8. The second-order valence-corrected chi connectivity index (χ2v) is 21.1. The molecule has 10 rings (SSSR count). The highest BCUT2D eigenvalue weighted by atomic mass is 19.4. The highest BCUT2D eigenvalue weighted by Gasteiger charge is 2.47. The van der Waals surface area contributed by atoms with Gasteiger partial charge in [-0.05, 0) is 156 Å². The summed E-state index contributed by atoms with van der Waals surface area (Å²) < 4.78 is 139. The van der Waals surface area contributed by atoms with Crippen molar-refractivity contribution in [2.24, 2.45) is 10.8 Å². The van der Waals surface area contributed by atoms with E-state index in [1.54, 1.807) is 24.3 Å². The summed E-state index contributed by atoms with van der Waals surface area (Å²) in [4.78, 5) is 9.79. The van der Waals surface area contributed by atoms with Gasteiger partial charge in [0, 0.05) is 33.6 Å². The fraction of sp³-hybridized carbons (Fsp3) is 0.414. The van der Waals surface area contributed by atoms with E-state index in [1.807, 2.05) is 27.7 Å². The molecule has 0 radical (unpaired) electrons. The van der Waals surface area contributed by atoms with E-state index in [9.17, 15) is 45.3 Å². The summed E-state index contributed by atoms with van der Waals surface area (Å²) in [7, 11) is 0. The number of nitrogens with zero attached hydrogens (tertiary/aromatic N) is 2. The summed E-state index contributed by atoms with van der Waals surface area (Å²) in [6, 6.07) is 19.4. The first-order chi connectivity index (χ1) is 34.0. The van der Waals surface area contributed by atoms with Crippen molar-refractivity contribution < 1.29 is 54.1 Å². The smallest absolute Gasteiger partial charge is 0.388 e. The van der Waals surface area contributed by atoms with Crippen molar-refractivity contribution in [2.75, 3.05) is 0 Å². The van der Waals surface area contributed by atoms with Gasteiger partial charge in [0.25, 0.3) is 0 Å². The zero-order chi connectivity index (χ0) is 51.7. The molecule has 4 atom stereocenters. The number of halogens is 10. The number of hydrogen-bond donors (Lipinski definition) is 2. The van der Waals surface area contributed by atoms with Gasteiger partial charge < -0.3 is 10.2 Å². The van der Waals surface area contributed by atoms with Gasteiger partial charge in [-0.3, -0.25) is 9.97 Å². The molecule has 380 valence electrons. The Kier molecular flexibility index (Phi) is 13.8. The molecule has 72 heavy (non-hydrogen) atoms. The molecule has 4 aromatic carbocycles. The van der Waals surface area contributed by atoms with Crippen LogP contribution in [0.1, 0.15) is 183 Å². The predicted octanol–water partition coefficient (Wildman–Crippen LogP) is 16.5. The average molecular weight is 1000 g/mol. The zero-order valence-corrected chi connectivity index (χ0v) is 40.3. The van der Waals surface area contributed by atoms with Gasteiger partial charge in [0.15, 0.2) is 12.3 Å². The molecule has 2 heterocycles. The molecule has 2 N–H and O–H groups in total. The first kappa shape index (κ1) is 51.3. The molecule has 2 saturated carbocycles. The van der Waals surface area contributed by atoms with Crippen LogP contribution in [0.4, 0.5) is 43.9 Å². The van der Waals surface area contributed by atoms with E-state index in [4.69, 9.17) is 9.97 Å². The van der Waals surface area contributed by atoms with E-state index in [-0.39, 0.29) is 44.9 Å². The van der Waals surface area contributed by atoms with Crippen LogP contribution in [-0.2, 0) is 25.2 Å². The van der Waals surface area contributed by atoms with E-state index in [2.05, 4.69) is 0 Å². The minimum absolute atomic E-state index is 0.00219. The van der Waals surface area contributed by atoms with Gasteiger partial charge in [0.2, 0.25) is 0 Å². The van der Waals surface area contributed by atoms with Gasteiger partial charge in [0.05, 0.1) is 34.7 Å². The summed E-state index contributed by atoms with van der Waals surface area (Å²) in [5, 5.41) is 22.7. The highest BCUT2D eigenvalue weighted by molar-refractivity contribution is 5.76. The van der Waals surface area contributed by atoms with Crippen LogP contribution in [0.5, 0.6) is 0 Å². The molecule has 0 aliphatic heterocycles. The van der Waals surface area contributed by atoms with Crippen LogP contribution in [0.15, 0.2) is 97.1 Å². The van der Waals surface area contributed by atoms with E-state index < -0.39 is 59.7 Å². The molecule has 6 aromatic rings. The second-order valence-electron chi connectivity index (χ2n) is 21.1. The molecule has 4 unspecified atom stereocenters. The van der Waals surface area contributed by atoms with E-state index in [1.165, 1.54) is 24.3 Å². The lowest BCUT2D eigenvalue weighted by Crippen LogP contribution is -2.38. The molecule has 0 amide bonds. The summed E-state index contributed by atoms with van der Waals surface area (Å²) in [5.41, 5.74) is 4.47. The molecule has 0 bridgehead atoms. The summed E-state index contributed by atoms with van der Waals surface area (Å²) in [6.45, 7) is 7.57. The minimum atomic E-state index is -4.53. The Labute approximate surface area is 412 Å². The van der Waals surface area contributed by atoms with Crippen molar-refractivity contribution in [3.05, 3.63) is 176 Å². The van der Waals surface area contributed by atoms with E-state index in [0.29, 0.717) is 70.5 Å².